The fourth-order valence-corrected chi connectivity index (χ4v) is 3.02. The number of ether oxygens (including phenoxy) is 1. The third-order valence-electron chi connectivity index (χ3n) is 4.56. The van der Waals surface area contributed by atoms with E-state index in [2.05, 4.69) is 22.8 Å². The van der Waals surface area contributed by atoms with Gasteiger partial charge in [-0.15, -0.1) is 0 Å². The van der Waals surface area contributed by atoms with Crippen LogP contribution < -0.4 is 9.64 Å². The van der Waals surface area contributed by atoms with Gasteiger partial charge in [0.1, 0.15) is 12.4 Å². The summed E-state index contributed by atoms with van der Waals surface area (Å²) in [5.74, 6) is 0.951. The Balaban J connectivity index is 1.44. The van der Waals surface area contributed by atoms with Crippen LogP contribution >= 0.6 is 0 Å². The molecular weight excluding hydrogens is 318 g/mol. The average molecular weight is 341 g/mol. The molecule has 0 N–H and O–H groups in total. The highest BCUT2D eigenvalue weighted by Crippen LogP contribution is 2.21. The van der Waals surface area contributed by atoms with Crippen LogP contribution in [0.25, 0.3) is 0 Å². The lowest BCUT2D eigenvalue weighted by Gasteiger charge is -2.36. The zero-order chi connectivity index (χ0) is 17.6. The Morgan fingerprint density at radius 2 is 1.72 bits per heavy atom. The lowest BCUT2D eigenvalue weighted by molar-refractivity contribution is -0.384. The van der Waals surface area contributed by atoms with Crippen molar-refractivity contribution in [2.75, 3.05) is 44.2 Å². The SMILES string of the molecule is Cc1ccccc1OCCN1CCN(c2ccc([N+](=O)[O-])cc2)CC1. The van der Waals surface area contributed by atoms with Crippen molar-refractivity contribution in [1.29, 1.82) is 0 Å². The molecule has 0 amide bonds. The number of nitro groups is 1. The smallest absolute Gasteiger partial charge is 0.269 e. The van der Waals surface area contributed by atoms with Crippen molar-refractivity contribution in [2.45, 2.75) is 6.92 Å². The van der Waals surface area contributed by atoms with Crippen molar-refractivity contribution >= 4 is 11.4 Å². The Kier molecular flexibility index (Phi) is 5.50. The zero-order valence-corrected chi connectivity index (χ0v) is 14.4. The summed E-state index contributed by atoms with van der Waals surface area (Å²) < 4.78 is 5.87. The molecule has 132 valence electrons. The summed E-state index contributed by atoms with van der Waals surface area (Å²) in [7, 11) is 0. The predicted molar refractivity (Wildman–Crippen MR) is 98.4 cm³/mol. The number of nitro benzene ring substituents is 1. The molecule has 2 aromatic carbocycles. The summed E-state index contributed by atoms with van der Waals surface area (Å²) in [5.41, 5.74) is 2.34. The van der Waals surface area contributed by atoms with Gasteiger partial charge in [-0.1, -0.05) is 18.2 Å². The first kappa shape index (κ1) is 17.2. The quantitative estimate of drug-likeness (QED) is 0.597. The first-order chi connectivity index (χ1) is 12.1. The summed E-state index contributed by atoms with van der Waals surface area (Å²) in [6.45, 7) is 7.41. The number of rotatable bonds is 6. The Morgan fingerprint density at radius 1 is 1.04 bits per heavy atom. The number of anilines is 1. The molecule has 25 heavy (non-hydrogen) atoms. The molecule has 6 heteroatoms. The summed E-state index contributed by atoms with van der Waals surface area (Å²) in [4.78, 5) is 15.0. The van der Waals surface area contributed by atoms with E-state index < -0.39 is 0 Å². The van der Waals surface area contributed by atoms with E-state index >= 15 is 0 Å². The van der Waals surface area contributed by atoms with Gasteiger partial charge in [-0.05, 0) is 30.7 Å². The molecule has 0 aliphatic carbocycles. The molecule has 6 nitrogen and oxygen atoms in total. The molecule has 0 bridgehead atoms. The van der Waals surface area contributed by atoms with E-state index in [1.165, 1.54) is 0 Å². The highest BCUT2D eigenvalue weighted by atomic mass is 16.6. The minimum atomic E-state index is -0.365. The topological polar surface area (TPSA) is 58.8 Å². The largest absolute Gasteiger partial charge is 0.492 e. The number of para-hydroxylation sites is 1. The minimum absolute atomic E-state index is 0.135. The third kappa shape index (κ3) is 4.48. The maximum absolute atomic E-state index is 10.7. The minimum Gasteiger partial charge on any atom is -0.492 e. The maximum Gasteiger partial charge on any atom is 0.269 e. The number of nitrogens with zero attached hydrogens (tertiary/aromatic N) is 3. The molecular formula is C19H23N3O3. The third-order valence-corrected chi connectivity index (χ3v) is 4.56. The molecule has 0 aromatic heterocycles. The van der Waals surface area contributed by atoms with Crippen LogP contribution in [0.3, 0.4) is 0 Å². The Morgan fingerprint density at radius 3 is 2.36 bits per heavy atom. The monoisotopic (exact) mass is 341 g/mol. The van der Waals surface area contributed by atoms with Gasteiger partial charge in [0.25, 0.3) is 5.69 Å². The van der Waals surface area contributed by atoms with Gasteiger partial charge in [0, 0.05) is 50.5 Å². The highest BCUT2D eigenvalue weighted by molar-refractivity contribution is 5.51. The molecule has 1 heterocycles. The molecule has 0 saturated carbocycles. The number of piperazine rings is 1. The van der Waals surface area contributed by atoms with Gasteiger partial charge >= 0.3 is 0 Å². The van der Waals surface area contributed by atoms with Gasteiger partial charge in [0.15, 0.2) is 0 Å². The number of benzene rings is 2. The van der Waals surface area contributed by atoms with Crippen molar-refractivity contribution in [3.05, 3.63) is 64.2 Å². The van der Waals surface area contributed by atoms with Gasteiger partial charge in [0.2, 0.25) is 0 Å². The van der Waals surface area contributed by atoms with E-state index in [-0.39, 0.29) is 10.6 Å². The van der Waals surface area contributed by atoms with Crippen LogP contribution in [-0.4, -0.2) is 49.2 Å². The molecule has 2 aromatic rings. The van der Waals surface area contributed by atoms with Crippen molar-refractivity contribution in [3.8, 4) is 5.75 Å². The van der Waals surface area contributed by atoms with Gasteiger partial charge in [0.05, 0.1) is 4.92 Å². The van der Waals surface area contributed by atoms with E-state index in [1.54, 1.807) is 12.1 Å². The van der Waals surface area contributed by atoms with Crippen LogP contribution in [0.15, 0.2) is 48.5 Å². The normalized spacial score (nSPS) is 15.2. The van der Waals surface area contributed by atoms with Crippen LogP contribution in [0.1, 0.15) is 5.56 Å². The zero-order valence-electron chi connectivity index (χ0n) is 14.4. The molecule has 1 aliphatic heterocycles. The summed E-state index contributed by atoms with van der Waals surface area (Å²) in [5, 5.41) is 10.7. The van der Waals surface area contributed by atoms with Gasteiger partial charge in [-0.25, -0.2) is 0 Å². The number of hydrogen-bond donors (Lipinski definition) is 0. The van der Waals surface area contributed by atoms with E-state index in [0.717, 1.165) is 49.7 Å². The van der Waals surface area contributed by atoms with Crippen molar-refractivity contribution in [1.82, 2.24) is 4.90 Å². The average Bonchev–Trinajstić information content (AvgIpc) is 2.64. The van der Waals surface area contributed by atoms with Crippen LogP contribution in [0.5, 0.6) is 5.75 Å². The summed E-state index contributed by atoms with van der Waals surface area (Å²) in [6.07, 6.45) is 0. The second-order valence-electron chi connectivity index (χ2n) is 6.22. The summed E-state index contributed by atoms with van der Waals surface area (Å²) >= 11 is 0. The highest BCUT2D eigenvalue weighted by Gasteiger charge is 2.17. The number of aryl methyl sites for hydroxylation is 1. The maximum atomic E-state index is 10.7. The Hall–Kier alpha value is -2.60. The standard InChI is InChI=1S/C19H23N3O3/c1-16-4-2-3-5-19(16)25-15-14-20-10-12-21(13-11-20)17-6-8-18(9-7-17)22(23)24/h2-9H,10-15H2,1H3. The number of hydrogen-bond acceptors (Lipinski definition) is 5. The molecule has 1 saturated heterocycles. The Bertz CT molecular complexity index is 710. The van der Waals surface area contributed by atoms with Crippen molar-refractivity contribution in [2.24, 2.45) is 0 Å². The van der Waals surface area contributed by atoms with Crippen LogP contribution in [-0.2, 0) is 0 Å². The van der Waals surface area contributed by atoms with Gasteiger partial charge in [-0.2, -0.15) is 0 Å². The fraction of sp³-hybridized carbons (Fsp3) is 0.368. The molecule has 0 atom stereocenters. The van der Waals surface area contributed by atoms with Crippen molar-refractivity contribution in [3.63, 3.8) is 0 Å². The second-order valence-corrected chi connectivity index (χ2v) is 6.22. The molecule has 0 spiro atoms. The number of non-ortho nitro benzene ring substituents is 1. The molecule has 0 radical (unpaired) electrons. The molecule has 3 rings (SSSR count). The first-order valence-corrected chi connectivity index (χ1v) is 8.54. The van der Waals surface area contributed by atoms with Crippen molar-refractivity contribution < 1.29 is 9.66 Å². The van der Waals surface area contributed by atoms with E-state index in [0.29, 0.717) is 6.61 Å². The second kappa shape index (κ2) is 7.98. The van der Waals surface area contributed by atoms with Gasteiger partial charge < -0.3 is 9.64 Å². The predicted octanol–water partition coefficient (Wildman–Crippen LogP) is 3.10. The lowest BCUT2D eigenvalue weighted by atomic mass is 10.2. The van der Waals surface area contributed by atoms with Gasteiger partial charge in [-0.3, -0.25) is 15.0 Å². The first-order valence-electron chi connectivity index (χ1n) is 8.54. The lowest BCUT2D eigenvalue weighted by Crippen LogP contribution is -2.47. The van der Waals surface area contributed by atoms with E-state index in [4.69, 9.17) is 4.74 Å². The molecule has 1 aliphatic rings. The van der Waals surface area contributed by atoms with Crippen LogP contribution in [0.4, 0.5) is 11.4 Å². The molecule has 0 unspecified atom stereocenters. The van der Waals surface area contributed by atoms with E-state index in [1.807, 2.05) is 30.3 Å². The summed E-state index contributed by atoms with van der Waals surface area (Å²) in [6, 6.07) is 14.9. The Labute approximate surface area is 147 Å². The van der Waals surface area contributed by atoms with Crippen LogP contribution in [0.2, 0.25) is 0 Å². The fourth-order valence-electron chi connectivity index (χ4n) is 3.02. The van der Waals surface area contributed by atoms with E-state index in [9.17, 15) is 10.1 Å². The van der Waals surface area contributed by atoms with Crippen LogP contribution in [0, 0.1) is 17.0 Å². The molecule has 1 fully saturated rings.